The minimum Gasteiger partial charge on any atom is -0.414 e. The molecule has 0 fully saturated rings. The van der Waals surface area contributed by atoms with Gasteiger partial charge >= 0.3 is 0 Å². The maximum absolute atomic E-state index is 3.98. The normalized spacial score (nSPS) is 11.6. The van der Waals surface area contributed by atoms with Crippen LogP contribution in [0.25, 0.3) is 11.2 Å². The van der Waals surface area contributed by atoms with Crippen LogP contribution in [-0.2, 0) is 21.1 Å². The molecule has 0 saturated heterocycles. The van der Waals surface area contributed by atoms with E-state index in [9.17, 15) is 0 Å². The van der Waals surface area contributed by atoms with Gasteiger partial charge in [-0.3, -0.25) is 4.98 Å². The van der Waals surface area contributed by atoms with Crippen molar-refractivity contribution in [1.82, 2.24) is 19.9 Å². The second-order valence-electron chi connectivity index (χ2n) is 2.02. The zero-order valence-corrected chi connectivity index (χ0v) is 9.26. The van der Waals surface area contributed by atoms with Gasteiger partial charge in [0.2, 0.25) is 0 Å². The third kappa shape index (κ3) is 1.45. The number of rotatable bonds is 0. The van der Waals surface area contributed by atoms with Gasteiger partial charge in [0.25, 0.3) is 0 Å². The van der Waals surface area contributed by atoms with E-state index in [1.165, 1.54) is 0 Å². The largest absolute Gasteiger partial charge is 0.414 e. The number of H-pyrrole nitrogens is 2. The Kier molecular flexibility index (Phi) is 2.76. The van der Waals surface area contributed by atoms with Crippen molar-refractivity contribution < 1.29 is 21.1 Å². The van der Waals surface area contributed by atoms with Crippen LogP contribution in [0.4, 0.5) is 0 Å². The predicted octanol–water partition coefficient (Wildman–Crippen LogP) is -0.386. The fraction of sp³-hybridized carbons (Fsp3) is 0.167. The van der Waals surface area contributed by atoms with Crippen LogP contribution in [0.5, 0.6) is 0 Å². The molecule has 0 aliphatic carbocycles. The fourth-order valence-electron chi connectivity index (χ4n) is 0.823. The monoisotopic (exact) mass is 332 g/mol. The number of hydrogen-bond donors (Lipinski definition) is 2. The third-order valence-corrected chi connectivity index (χ3v) is 1.35. The molecule has 62 valence electrons. The van der Waals surface area contributed by atoms with Crippen molar-refractivity contribution in [2.45, 2.75) is 0 Å². The first kappa shape index (κ1) is 9.13. The smallest absolute Gasteiger partial charge is 0.108 e. The number of aromatic amines is 2. The first-order chi connectivity index (χ1) is 5.40. The van der Waals surface area contributed by atoms with E-state index in [4.69, 9.17) is 0 Å². The van der Waals surface area contributed by atoms with Gasteiger partial charge in [0.15, 0.2) is 0 Å². The van der Waals surface area contributed by atoms with Crippen LogP contribution in [0.1, 0.15) is 0 Å². The molecule has 0 saturated carbocycles. The number of nitrogens with zero attached hydrogens (tertiary/aromatic N) is 3. The Hall–Kier alpha value is -0.962. The SMILES string of the molecule is CN=c1n[c-]c2[nH]cnc2[nH]1.[W]. The minimum absolute atomic E-state index is 0. The average molecular weight is 332 g/mol. The Morgan fingerprint density at radius 1 is 1.58 bits per heavy atom. The molecule has 0 atom stereocenters. The summed E-state index contributed by atoms with van der Waals surface area (Å²) in [6.07, 6.45) is 4.34. The topological polar surface area (TPSA) is 69.7 Å². The van der Waals surface area contributed by atoms with Crippen LogP contribution < -0.4 is 5.62 Å². The number of nitrogens with one attached hydrogen (secondary N) is 2. The zero-order valence-electron chi connectivity index (χ0n) is 6.33. The maximum Gasteiger partial charge on any atom is 0.108 e. The summed E-state index contributed by atoms with van der Waals surface area (Å²) >= 11 is 0. The van der Waals surface area contributed by atoms with E-state index in [1.807, 2.05) is 0 Å². The zero-order chi connectivity index (χ0) is 7.68. The van der Waals surface area contributed by atoms with Crippen molar-refractivity contribution in [2.75, 3.05) is 7.05 Å². The molecule has 0 unspecified atom stereocenters. The van der Waals surface area contributed by atoms with Gasteiger partial charge in [-0.05, 0) is 11.7 Å². The molecule has 0 aliphatic heterocycles. The molecule has 2 N–H and O–H groups in total. The molecule has 2 aromatic heterocycles. The summed E-state index contributed by atoms with van der Waals surface area (Å²) < 4.78 is 0. The van der Waals surface area contributed by atoms with Gasteiger partial charge in [-0.1, -0.05) is 0 Å². The summed E-state index contributed by atoms with van der Waals surface area (Å²) in [7, 11) is 1.66. The van der Waals surface area contributed by atoms with Crippen molar-refractivity contribution in [1.29, 1.82) is 0 Å². The summed E-state index contributed by atoms with van der Waals surface area (Å²) in [6.45, 7) is 0. The van der Waals surface area contributed by atoms with Crippen LogP contribution in [0, 0.1) is 6.20 Å². The van der Waals surface area contributed by atoms with Gasteiger partial charge in [0.05, 0.1) is 6.33 Å². The molecule has 0 amide bonds. The molecule has 0 spiro atoms. The van der Waals surface area contributed by atoms with Crippen LogP contribution in [-0.4, -0.2) is 27.0 Å². The molecule has 0 aromatic carbocycles. The second-order valence-corrected chi connectivity index (χ2v) is 2.02. The molecule has 2 heterocycles. The first-order valence-electron chi connectivity index (χ1n) is 3.14. The van der Waals surface area contributed by atoms with Gasteiger partial charge in [0, 0.05) is 33.8 Å². The summed E-state index contributed by atoms with van der Waals surface area (Å²) in [6, 6.07) is 0. The van der Waals surface area contributed by atoms with E-state index in [1.54, 1.807) is 13.4 Å². The number of aromatic nitrogens is 4. The fourth-order valence-corrected chi connectivity index (χ4v) is 0.823. The van der Waals surface area contributed by atoms with E-state index < -0.39 is 0 Å². The number of fused-ring (bicyclic) bond motifs is 1. The van der Waals surface area contributed by atoms with Gasteiger partial charge in [-0.2, -0.15) is 0 Å². The first-order valence-corrected chi connectivity index (χ1v) is 3.14. The van der Waals surface area contributed by atoms with Gasteiger partial charge in [-0.15, -0.1) is 0 Å². The number of hydrogen-bond acceptors (Lipinski definition) is 3. The van der Waals surface area contributed by atoms with Crippen LogP contribution in [0.15, 0.2) is 11.3 Å². The van der Waals surface area contributed by atoms with Crippen LogP contribution in [0.3, 0.4) is 0 Å². The molecule has 0 radical (unpaired) electrons. The third-order valence-electron chi connectivity index (χ3n) is 1.35. The molecule has 2 aromatic rings. The van der Waals surface area contributed by atoms with Crippen molar-refractivity contribution in [3.63, 3.8) is 0 Å². The Morgan fingerprint density at radius 3 is 3.17 bits per heavy atom. The summed E-state index contributed by atoms with van der Waals surface area (Å²) in [4.78, 5) is 17.5. The molecular formula is C6H6N5W-. The summed E-state index contributed by atoms with van der Waals surface area (Å²) in [5, 5.41) is 0. The second kappa shape index (κ2) is 3.63. The van der Waals surface area contributed by atoms with Crippen LogP contribution in [0.2, 0.25) is 0 Å². The quantitative estimate of drug-likeness (QED) is 0.646. The molecule has 6 heteroatoms. The Morgan fingerprint density at radius 2 is 2.42 bits per heavy atom. The Labute approximate surface area is 82.6 Å². The van der Waals surface area contributed by atoms with E-state index in [0.717, 1.165) is 11.2 Å². The van der Waals surface area contributed by atoms with Gasteiger partial charge in [0.1, 0.15) is 5.62 Å². The molecular weight excluding hydrogens is 326 g/mol. The van der Waals surface area contributed by atoms with E-state index in [-0.39, 0.29) is 21.1 Å². The van der Waals surface area contributed by atoms with Crippen LogP contribution >= 0.6 is 0 Å². The van der Waals surface area contributed by atoms with Crippen molar-refractivity contribution in [3.05, 3.63) is 18.1 Å². The number of imidazole rings is 1. The Balaban J connectivity index is 0.000000720. The summed E-state index contributed by atoms with van der Waals surface area (Å²) in [5.74, 6) is 0. The molecule has 0 aliphatic rings. The molecule has 12 heavy (non-hydrogen) atoms. The predicted molar refractivity (Wildman–Crippen MR) is 38.6 cm³/mol. The van der Waals surface area contributed by atoms with Gasteiger partial charge < -0.3 is 19.9 Å². The summed E-state index contributed by atoms with van der Waals surface area (Å²) in [5.41, 5.74) is 2.02. The van der Waals surface area contributed by atoms with Crippen molar-refractivity contribution >= 4 is 11.2 Å². The average Bonchev–Trinajstić information content (AvgIpc) is 2.50. The minimum atomic E-state index is 0. The molecule has 2 rings (SSSR count). The standard InChI is InChI=1S/C6H6N5.W/c1-7-6-8-2-4-5(11-6)10-3-9-4;/h3H,1H3,(H2,7,8,9,10,11);/q-1;. The van der Waals surface area contributed by atoms with Gasteiger partial charge in [-0.25, -0.2) is 0 Å². The maximum atomic E-state index is 3.98. The molecule has 5 nitrogen and oxygen atoms in total. The molecule has 0 bridgehead atoms. The van der Waals surface area contributed by atoms with E-state index in [0.29, 0.717) is 5.62 Å². The van der Waals surface area contributed by atoms with E-state index >= 15 is 0 Å². The van der Waals surface area contributed by atoms with E-state index in [2.05, 4.69) is 31.1 Å². The van der Waals surface area contributed by atoms with Crippen molar-refractivity contribution in [2.24, 2.45) is 4.99 Å². The Bertz CT molecular complexity index is 428. The van der Waals surface area contributed by atoms with Crippen molar-refractivity contribution in [3.8, 4) is 0 Å².